The van der Waals surface area contributed by atoms with Crippen LogP contribution in [0.5, 0.6) is 0 Å². The molecule has 0 bridgehead atoms. The highest BCUT2D eigenvalue weighted by Crippen LogP contribution is 2.20. The molecule has 0 heterocycles. The van der Waals surface area contributed by atoms with Gasteiger partial charge in [-0.3, -0.25) is 19.2 Å². The van der Waals surface area contributed by atoms with Crippen molar-refractivity contribution in [1.29, 1.82) is 0 Å². The Kier molecular flexibility index (Phi) is 37.9. The van der Waals surface area contributed by atoms with Crippen molar-refractivity contribution in [3.8, 4) is 0 Å². The van der Waals surface area contributed by atoms with Crippen LogP contribution in [0.15, 0.2) is 0 Å². The predicted molar refractivity (Wildman–Crippen MR) is 231 cm³/mol. The number of nitrogens with zero attached hydrogens (tertiary/aromatic N) is 1. The van der Waals surface area contributed by atoms with Crippen molar-refractivity contribution in [1.82, 2.24) is 4.90 Å². The van der Waals surface area contributed by atoms with Crippen LogP contribution in [0.1, 0.15) is 207 Å². The summed E-state index contributed by atoms with van der Waals surface area (Å²) in [6, 6.07) is 0. The monoisotopic (exact) mass is 826 g/mol. The number of unbranched alkanes of at least 4 members (excludes halogenated alkanes) is 14. The molecule has 3 unspecified atom stereocenters. The van der Waals surface area contributed by atoms with E-state index in [-0.39, 0.29) is 31.6 Å². The van der Waals surface area contributed by atoms with E-state index in [9.17, 15) is 24.0 Å². The van der Waals surface area contributed by atoms with Crippen molar-refractivity contribution in [2.75, 3.05) is 47.1 Å². The van der Waals surface area contributed by atoms with Crippen molar-refractivity contribution in [2.45, 2.75) is 214 Å². The van der Waals surface area contributed by atoms with E-state index in [1.54, 1.807) is 0 Å². The molecular formula is C47H87NO10. The van der Waals surface area contributed by atoms with Crippen molar-refractivity contribution in [3.05, 3.63) is 0 Å². The molecule has 0 N–H and O–H groups in total. The smallest absolute Gasteiger partial charge is 0.348 e. The minimum atomic E-state index is -1.41. The number of carbonyl (C=O) groups excluding carboxylic acids is 5. The van der Waals surface area contributed by atoms with Crippen molar-refractivity contribution >= 4 is 29.8 Å². The highest BCUT2D eigenvalue weighted by molar-refractivity contribution is 5.84. The summed E-state index contributed by atoms with van der Waals surface area (Å²) < 4.78 is 27.4. The maximum Gasteiger partial charge on any atom is 0.348 e. The molecule has 0 saturated carbocycles. The Morgan fingerprint density at radius 1 is 0.431 bits per heavy atom. The van der Waals surface area contributed by atoms with E-state index in [4.69, 9.17) is 23.7 Å². The van der Waals surface area contributed by atoms with Gasteiger partial charge < -0.3 is 28.6 Å². The molecule has 0 aliphatic rings. The summed E-state index contributed by atoms with van der Waals surface area (Å²) in [5.74, 6) is -1.60. The van der Waals surface area contributed by atoms with E-state index in [1.165, 1.54) is 64.2 Å². The lowest BCUT2D eigenvalue weighted by Crippen LogP contribution is -2.33. The number of hydrogen-bond donors (Lipinski definition) is 0. The molecule has 3 atom stereocenters. The second-order valence-electron chi connectivity index (χ2n) is 16.5. The Morgan fingerprint density at radius 2 is 0.862 bits per heavy atom. The Labute approximate surface area is 354 Å². The molecule has 58 heavy (non-hydrogen) atoms. The summed E-state index contributed by atoms with van der Waals surface area (Å²) in [7, 11) is 3.64. The Balaban J connectivity index is 4.57. The van der Waals surface area contributed by atoms with Gasteiger partial charge in [0, 0.05) is 19.4 Å². The fraction of sp³-hybridized carbons (Fsp3) is 0.894. The van der Waals surface area contributed by atoms with Crippen LogP contribution in [0.4, 0.5) is 0 Å². The van der Waals surface area contributed by atoms with Crippen LogP contribution in [0, 0.1) is 11.8 Å². The lowest BCUT2D eigenvalue weighted by atomic mass is 9.96. The van der Waals surface area contributed by atoms with E-state index < -0.39 is 30.4 Å². The zero-order valence-corrected chi connectivity index (χ0v) is 38.1. The van der Waals surface area contributed by atoms with E-state index in [1.807, 2.05) is 19.0 Å². The summed E-state index contributed by atoms with van der Waals surface area (Å²) in [5, 5.41) is 0. The Bertz CT molecular complexity index is 1030. The van der Waals surface area contributed by atoms with E-state index in [0.717, 1.165) is 51.4 Å². The predicted octanol–water partition coefficient (Wildman–Crippen LogP) is 10.9. The molecule has 0 aromatic carbocycles. The molecule has 340 valence electrons. The molecule has 0 aliphatic carbocycles. The summed E-state index contributed by atoms with van der Waals surface area (Å²) in [4.78, 5) is 64.7. The summed E-state index contributed by atoms with van der Waals surface area (Å²) in [6.45, 7) is 10.4. The van der Waals surface area contributed by atoms with Gasteiger partial charge in [-0.2, -0.15) is 0 Å². The molecule has 0 aliphatic heterocycles. The number of esters is 5. The normalized spacial score (nSPS) is 12.8. The topological polar surface area (TPSA) is 135 Å². The van der Waals surface area contributed by atoms with E-state index in [2.05, 4.69) is 27.7 Å². The summed E-state index contributed by atoms with van der Waals surface area (Å²) >= 11 is 0. The highest BCUT2D eigenvalue weighted by Gasteiger charge is 2.28. The van der Waals surface area contributed by atoms with Crippen LogP contribution < -0.4 is 0 Å². The maximum atomic E-state index is 12.9. The average Bonchev–Trinajstić information content (AvgIpc) is 3.20. The second-order valence-corrected chi connectivity index (χ2v) is 16.5. The molecule has 0 spiro atoms. The SMILES string of the molecule is CCCCCCCC(CCCC)COC(=O)CCCCCOC(=O)CC(OC(=O)CCN(C)C)C(=O)OCCCCCC(=O)OCC(CCCC)CCCCCCC. The van der Waals surface area contributed by atoms with Crippen LogP contribution >= 0.6 is 0 Å². The number of carbonyl (C=O) groups is 5. The third-order valence-electron chi connectivity index (χ3n) is 10.5. The summed E-state index contributed by atoms with van der Waals surface area (Å²) in [6.07, 6.45) is 23.8. The van der Waals surface area contributed by atoms with Crippen LogP contribution in [0.2, 0.25) is 0 Å². The lowest BCUT2D eigenvalue weighted by molar-refractivity contribution is -0.172. The summed E-state index contributed by atoms with van der Waals surface area (Å²) in [5.41, 5.74) is 0. The fourth-order valence-corrected chi connectivity index (χ4v) is 6.71. The highest BCUT2D eigenvalue weighted by atomic mass is 16.6. The van der Waals surface area contributed by atoms with Crippen molar-refractivity contribution in [2.24, 2.45) is 11.8 Å². The molecule has 11 heteroatoms. The number of hydrogen-bond acceptors (Lipinski definition) is 11. The zero-order valence-electron chi connectivity index (χ0n) is 38.1. The van der Waals surface area contributed by atoms with Gasteiger partial charge in [0.1, 0.15) is 0 Å². The maximum absolute atomic E-state index is 12.9. The first-order valence-electron chi connectivity index (χ1n) is 23.5. The Morgan fingerprint density at radius 3 is 1.33 bits per heavy atom. The van der Waals surface area contributed by atoms with Gasteiger partial charge in [0.05, 0.1) is 39.3 Å². The van der Waals surface area contributed by atoms with Gasteiger partial charge in [-0.15, -0.1) is 0 Å². The van der Waals surface area contributed by atoms with Crippen molar-refractivity contribution < 1.29 is 47.7 Å². The molecule has 0 saturated heterocycles. The first-order valence-corrected chi connectivity index (χ1v) is 23.5. The van der Waals surface area contributed by atoms with Gasteiger partial charge in [-0.1, -0.05) is 118 Å². The molecule has 0 aromatic rings. The first-order chi connectivity index (χ1) is 28.1. The van der Waals surface area contributed by atoms with Gasteiger partial charge in [0.25, 0.3) is 0 Å². The molecule has 0 amide bonds. The minimum Gasteiger partial charge on any atom is -0.466 e. The van der Waals surface area contributed by atoms with Gasteiger partial charge in [0.15, 0.2) is 0 Å². The van der Waals surface area contributed by atoms with Gasteiger partial charge in [-0.25, -0.2) is 4.79 Å². The van der Waals surface area contributed by atoms with Crippen LogP contribution in [0.3, 0.4) is 0 Å². The molecule has 0 aromatic heterocycles. The quantitative estimate of drug-likeness (QED) is 0.0331. The van der Waals surface area contributed by atoms with Gasteiger partial charge >= 0.3 is 29.8 Å². The molecular weight excluding hydrogens is 739 g/mol. The van der Waals surface area contributed by atoms with Gasteiger partial charge in [0.2, 0.25) is 6.10 Å². The third kappa shape index (κ3) is 35.3. The lowest BCUT2D eigenvalue weighted by Gasteiger charge is -2.17. The number of rotatable bonds is 41. The van der Waals surface area contributed by atoms with Crippen molar-refractivity contribution in [3.63, 3.8) is 0 Å². The van der Waals surface area contributed by atoms with Crippen LogP contribution in [-0.2, 0) is 47.7 Å². The van der Waals surface area contributed by atoms with E-state index >= 15 is 0 Å². The minimum absolute atomic E-state index is 0.0567. The van der Waals surface area contributed by atoms with Crippen LogP contribution in [-0.4, -0.2) is 87.9 Å². The molecule has 0 radical (unpaired) electrons. The fourth-order valence-electron chi connectivity index (χ4n) is 6.71. The average molecular weight is 826 g/mol. The standard InChI is InChI=1S/C47H87NO10/c1-7-11-15-17-21-29-40(27-13-9-3)38-56-43(49)31-23-19-25-35-54-46(52)37-42(58-45(51)33-34-48(5)6)47(53)55-36-26-20-24-32-44(50)57-39-41(28-14-10-4)30-22-18-16-12-8-2/h40-42H,7-39H2,1-6H3. The molecule has 0 fully saturated rings. The first kappa shape index (κ1) is 55.3. The van der Waals surface area contributed by atoms with Gasteiger partial charge in [-0.05, 0) is 90.1 Å². The largest absolute Gasteiger partial charge is 0.466 e. The van der Waals surface area contributed by atoms with Crippen LogP contribution in [0.25, 0.3) is 0 Å². The second kappa shape index (κ2) is 39.8. The Hall–Kier alpha value is -2.69. The number of ether oxygens (including phenoxy) is 5. The third-order valence-corrected chi connectivity index (χ3v) is 10.5. The molecule has 11 nitrogen and oxygen atoms in total. The molecule has 0 rings (SSSR count). The zero-order chi connectivity index (χ0) is 43.1. The van der Waals surface area contributed by atoms with E-state index in [0.29, 0.717) is 83.0 Å².